The van der Waals surface area contributed by atoms with Gasteiger partial charge >= 0.3 is 0 Å². The lowest BCUT2D eigenvalue weighted by Crippen LogP contribution is -2.52. The highest BCUT2D eigenvalue weighted by Crippen LogP contribution is 2.20. The van der Waals surface area contributed by atoms with Crippen LogP contribution >= 0.6 is 0 Å². The standard InChI is InChI=1S/C18H21NO4/c1-12-4-8-14(9-5-12)19-16(20)18(3,22)17(21)23-15-10-6-13(2)7-11-15/h4-11,17,21-22H,1-3H3,(H,19,20)/t17?,18-/m1/s1. The zero-order valence-electron chi connectivity index (χ0n) is 13.4. The van der Waals surface area contributed by atoms with Gasteiger partial charge in [-0.3, -0.25) is 4.79 Å². The molecule has 0 spiro atoms. The van der Waals surface area contributed by atoms with Crippen molar-refractivity contribution >= 4 is 11.6 Å². The van der Waals surface area contributed by atoms with Crippen LogP contribution in [0.5, 0.6) is 5.75 Å². The smallest absolute Gasteiger partial charge is 0.262 e. The summed E-state index contributed by atoms with van der Waals surface area (Å²) in [5.74, 6) is -0.382. The van der Waals surface area contributed by atoms with E-state index in [2.05, 4.69) is 5.32 Å². The zero-order valence-corrected chi connectivity index (χ0v) is 13.4. The number of hydrogen-bond acceptors (Lipinski definition) is 4. The van der Waals surface area contributed by atoms with Gasteiger partial charge in [-0.05, 0) is 45.0 Å². The summed E-state index contributed by atoms with van der Waals surface area (Å²) >= 11 is 0. The third-order valence-corrected chi connectivity index (χ3v) is 3.52. The Labute approximate surface area is 135 Å². The summed E-state index contributed by atoms with van der Waals surface area (Å²) < 4.78 is 5.26. The number of rotatable bonds is 5. The van der Waals surface area contributed by atoms with Crippen molar-refractivity contribution in [1.29, 1.82) is 0 Å². The van der Waals surface area contributed by atoms with Crippen LogP contribution in [0.25, 0.3) is 0 Å². The first-order valence-corrected chi connectivity index (χ1v) is 7.31. The molecule has 0 aliphatic carbocycles. The minimum atomic E-state index is -2.10. The van der Waals surface area contributed by atoms with Crippen LogP contribution in [0.4, 0.5) is 5.69 Å². The number of amides is 1. The van der Waals surface area contributed by atoms with Crippen molar-refractivity contribution in [3.05, 3.63) is 59.7 Å². The number of benzene rings is 2. The molecule has 2 aromatic carbocycles. The minimum absolute atomic E-state index is 0.367. The van der Waals surface area contributed by atoms with Crippen LogP contribution in [-0.4, -0.2) is 28.0 Å². The molecule has 2 aromatic rings. The van der Waals surface area contributed by atoms with Crippen LogP contribution < -0.4 is 10.1 Å². The summed E-state index contributed by atoms with van der Waals surface area (Å²) in [7, 11) is 0. The SMILES string of the molecule is Cc1ccc(NC(=O)[C@@](C)(O)C(O)Oc2ccc(C)cc2)cc1. The molecule has 0 radical (unpaired) electrons. The second kappa shape index (κ2) is 6.81. The number of aliphatic hydroxyl groups excluding tert-OH is 1. The van der Waals surface area contributed by atoms with Crippen molar-refractivity contribution in [2.75, 3.05) is 5.32 Å². The molecule has 0 saturated carbocycles. The average molecular weight is 315 g/mol. The van der Waals surface area contributed by atoms with Crippen LogP contribution in [0.2, 0.25) is 0 Å². The summed E-state index contributed by atoms with van der Waals surface area (Å²) in [4.78, 5) is 12.2. The van der Waals surface area contributed by atoms with E-state index in [-0.39, 0.29) is 0 Å². The Morgan fingerprint density at radius 3 is 2.04 bits per heavy atom. The Balaban J connectivity index is 2.04. The maximum Gasteiger partial charge on any atom is 0.262 e. The second-order valence-corrected chi connectivity index (χ2v) is 5.75. The summed E-state index contributed by atoms with van der Waals surface area (Å²) in [6.07, 6.45) is -1.70. The highest BCUT2D eigenvalue weighted by atomic mass is 16.6. The zero-order chi connectivity index (χ0) is 17.0. The molecule has 2 rings (SSSR count). The van der Waals surface area contributed by atoms with E-state index in [4.69, 9.17) is 4.74 Å². The van der Waals surface area contributed by atoms with E-state index in [0.717, 1.165) is 11.1 Å². The molecule has 0 aliphatic heterocycles. The molecule has 0 heterocycles. The fraction of sp³-hybridized carbons (Fsp3) is 0.278. The van der Waals surface area contributed by atoms with Crippen LogP contribution in [0.3, 0.4) is 0 Å². The maximum atomic E-state index is 12.2. The van der Waals surface area contributed by atoms with Gasteiger partial charge in [0.25, 0.3) is 5.91 Å². The minimum Gasteiger partial charge on any atom is -0.461 e. The first-order valence-electron chi connectivity index (χ1n) is 7.31. The fourth-order valence-corrected chi connectivity index (χ4v) is 1.87. The van der Waals surface area contributed by atoms with Gasteiger partial charge in [-0.2, -0.15) is 0 Å². The van der Waals surface area contributed by atoms with Gasteiger partial charge in [0.1, 0.15) is 5.75 Å². The number of aliphatic hydroxyl groups is 2. The number of hydrogen-bond donors (Lipinski definition) is 3. The maximum absolute atomic E-state index is 12.2. The van der Waals surface area contributed by atoms with Crippen LogP contribution in [-0.2, 0) is 4.79 Å². The van der Waals surface area contributed by atoms with Crippen LogP contribution in [0, 0.1) is 13.8 Å². The third-order valence-electron chi connectivity index (χ3n) is 3.52. The molecular formula is C18H21NO4. The van der Waals surface area contributed by atoms with E-state index in [0.29, 0.717) is 11.4 Å². The molecule has 0 bridgehead atoms. The normalized spacial score (nSPS) is 14.7. The van der Waals surface area contributed by atoms with Gasteiger partial charge < -0.3 is 20.3 Å². The number of nitrogens with one attached hydrogen (secondary N) is 1. The lowest BCUT2D eigenvalue weighted by atomic mass is 10.1. The Hall–Kier alpha value is -2.37. The lowest BCUT2D eigenvalue weighted by Gasteiger charge is -2.28. The van der Waals surface area contributed by atoms with E-state index >= 15 is 0 Å². The Kier molecular flexibility index (Phi) is 5.03. The van der Waals surface area contributed by atoms with E-state index < -0.39 is 17.8 Å². The molecule has 0 saturated heterocycles. The third kappa shape index (κ3) is 4.31. The summed E-state index contributed by atoms with van der Waals surface area (Å²) in [5, 5.41) is 22.9. The Bertz CT molecular complexity index is 662. The number of carbonyl (C=O) groups excluding carboxylic acids is 1. The van der Waals surface area contributed by atoms with Gasteiger partial charge in [-0.1, -0.05) is 35.4 Å². The van der Waals surface area contributed by atoms with Gasteiger partial charge in [-0.25, -0.2) is 0 Å². The van der Waals surface area contributed by atoms with Crippen molar-refractivity contribution in [2.24, 2.45) is 0 Å². The monoisotopic (exact) mass is 315 g/mol. The van der Waals surface area contributed by atoms with Crippen molar-refractivity contribution < 1.29 is 19.7 Å². The first-order chi connectivity index (χ1) is 10.8. The van der Waals surface area contributed by atoms with E-state index in [9.17, 15) is 15.0 Å². The molecule has 0 aliphatic rings. The summed E-state index contributed by atoms with van der Waals surface area (Å²) in [5.41, 5.74) is 0.520. The van der Waals surface area contributed by atoms with Crippen molar-refractivity contribution in [3.63, 3.8) is 0 Å². The molecule has 0 fully saturated rings. The average Bonchev–Trinajstić information content (AvgIpc) is 2.51. The number of ether oxygens (including phenoxy) is 1. The van der Waals surface area contributed by atoms with E-state index in [1.54, 1.807) is 24.3 Å². The molecule has 5 heteroatoms. The molecule has 5 nitrogen and oxygen atoms in total. The molecule has 0 aromatic heterocycles. The van der Waals surface area contributed by atoms with Crippen LogP contribution in [0.1, 0.15) is 18.1 Å². The topological polar surface area (TPSA) is 78.8 Å². The highest BCUT2D eigenvalue weighted by molar-refractivity contribution is 5.97. The van der Waals surface area contributed by atoms with E-state index in [1.165, 1.54) is 6.92 Å². The summed E-state index contributed by atoms with van der Waals surface area (Å²) in [6, 6.07) is 14.0. The molecule has 3 N–H and O–H groups in total. The number of carbonyl (C=O) groups is 1. The predicted molar refractivity (Wildman–Crippen MR) is 88.2 cm³/mol. The molecule has 23 heavy (non-hydrogen) atoms. The number of anilines is 1. The quantitative estimate of drug-likeness (QED) is 0.740. The van der Waals surface area contributed by atoms with Crippen LogP contribution in [0.15, 0.2) is 48.5 Å². The largest absolute Gasteiger partial charge is 0.461 e. The molecule has 2 atom stereocenters. The van der Waals surface area contributed by atoms with Crippen molar-refractivity contribution in [3.8, 4) is 5.75 Å². The van der Waals surface area contributed by atoms with Crippen molar-refractivity contribution in [1.82, 2.24) is 0 Å². The molecular weight excluding hydrogens is 294 g/mol. The van der Waals surface area contributed by atoms with Gasteiger partial charge in [0.05, 0.1) is 0 Å². The lowest BCUT2D eigenvalue weighted by molar-refractivity contribution is -0.174. The molecule has 1 amide bonds. The predicted octanol–water partition coefficient (Wildman–Crippen LogP) is 2.39. The van der Waals surface area contributed by atoms with Gasteiger partial charge in [0.15, 0.2) is 0 Å². The second-order valence-electron chi connectivity index (χ2n) is 5.75. The van der Waals surface area contributed by atoms with Gasteiger partial charge in [0, 0.05) is 5.69 Å². The van der Waals surface area contributed by atoms with Gasteiger partial charge in [-0.15, -0.1) is 0 Å². The summed E-state index contributed by atoms with van der Waals surface area (Å²) in [6.45, 7) is 5.06. The van der Waals surface area contributed by atoms with Gasteiger partial charge in [0.2, 0.25) is 11.9 Å². The molecule has 1 unspecified atom stereocenters. The fourth-order valence-electron chi connectivity index (χ4n) is 1.87. The highest BCUT2D eigenvalue weighted by Gasteiger charge is 2.40. The first kappa shape index (κ1) is 17.0. The molecule has 122 valence electrons. The van der Waals surface area contributed by atoms with Crippen molar-refractivity contribution in [2.45, 2.75) is 32.7 Å². The Morgan fingerprint density at radius 1 is 1.04 bits per heavy atom. The Morgan fingerprint density at radius 2 is 1.52 bits per heavy atom. The van der Waals surface area contributed by atoms with E-state index in [1.807, 2.05) is 38.1 Å². The number of aryl methyl sites for hydroxylation is 2.